The topological polar surface area (TPSA) is 58.1 Å². The summed E-state index contributed by atoms with van der Waals surface area (Å²) in [5, 5.41) is 6.82. The van der Waals surface area contributed by atoms with Crippen molar-refractivity contribution in [3.05, 3.63) is 65.2 Å². The van der Waals surface area contributed by atoms with Gasteiger partial charge in [-0.15, -0.1) is 24.0 Å². The minimum Gasteiger partial charge on any atom is -0.488 e. The normalized spacial score (nSPS) is 15.1. The second-order valence-electron chi connectivity index (χ2n) is 8.81. The molecule has 2 aromatic carbocycles. The van der Waals surface area contributed by atoms with Gasteiger partial charge >= 0.3 is 0 Å². The van der Waals surface area contributed by atoms with Gasteiger partial charge in [-0.3, -0.25) is 9.89 Å². The van der Waals surface area contributed by atoms with Crippen LogP contribution in [-0.4, -0.2) is 49.8 Å². The third kappa shape index (κ3) is 8.96. The Morgan fingerprint density at radius 1 is 1.00 bits per heavy atom. The quantitative estimate of drug-likeness (QED) is 0.307. The van der Waals surface area contributed by atoms with Crippen molar-refractivity contribution >= 4 is 29.9 Å². The van der Waals surface area contributed by atoms with E-state index in [-0.39, 0.29) is 29.6 Å². The van der Waals surface area contributed by atoms with Crippen LogP contribution in [-0.2, 0) is 24.4 Å². The van der Waals surface area contributed by atoms with Gasteiger partial charge in [-0.1, -0.05) is 42.5 Å². The van der Waals surface area contributed by atoms with Gasteiger partial charge in [-0.05, 0) is 38.0 Å². The summed E-state index contributed by atoms with van der Waals surface area (Å²) in [7, 11) is 1.79. The lowest BCUT2D eigenvalue weighted by atomic mass is 10.1. The Morgan fingerprint density at radius 3 is 2.41 bits per heavy atom. The number of hydrogen-bond donors (Lipinski definition) is 2. The van der Waals surface area contributed by atoms with Crippen LogP contribution in [0.2, 0.25) is 0 Å². The largest absolute Gasteiger partial charge is 0.488 e. The van der Waals surface area contributed by atoms with E-state index in [0.29, 0.717) is 6.54 Å². The number of nitrogens with zero attached hydrogens (tertiary/aromatic N) is 2. The molecule has 0 aromatic heterocycles. The molecule has 7 heteroatoms. The molecule has 0 saturated carbocycles. The van der Waals surface area contributed by atoms with Crippen LogP contribution in [0, 0.1) is 0 Å². The Hall–Kier alpha value is -1.84. The number of hydrogen-bond acceptors (Lipinski definition) is 4. The molecule has 0 atom stereocenters. The first-order valence-corrected chi connectivity index (χ1v) is 11.0. The Balaban J connectivity index is 0.00000363. The van der Waals surface area contributed by atoms with Crippen molar-refractivity contribution in [3.8, 4) is 5.75 Å². The molecule has 6 nitrogen and oxygen atoms in total. The number of halogens is 1. The molecule has 0 amide bonds. The van der Waals surface area contributed by atoms with Crippen molar-refractivity contribution in [1.29, 1.82) is 0 Å². The molecule has 1 fully saturated rings. The third-order valence-corrected chi connectivity index (χ3v) is 5.02. The number of morpholine rings is 1. The second kappa shape index (κ2) is 13.0. The zero-order valence-electron chi connectivity index (χ0n) is 19.7. The van der Waals surface area contributed by atoms with Crippen molar-refractivity contribution in [3.63, 3.8) is 0 Å². The van der Waals surface area contributed by atoms with Crippen LogP contribution in [0.25, 0.3) is 0 Å². The first-order valence-electron chi connectivity index (χ1n) is 11.0. The summed E-state index contributed by atoms with van der Waals surface area (Å²) in [6.45, 7) is 12.2. The third-order valence-electron chi connectivity index (χ3n) is 5.02. The van der Waals surface area contributed by atoms with Crippen molar-refractivity contribution in [2.75, 3.05) is 33.4 Å². The fourth-order valence-corrected chi connectivity index (χ4v) is 3.52. The van der Waals surface area contributed by atoms with Crippen molar-refractivity contribution < 1.29 is 9.47 Å². The Kier molecular flexibility index (Phi) is 10.7. The minimum absolute atomic E-state index is 0. The summed E-state index contributed by atoms with van der Waals surface area (Å²) in [5.41, 5.74) is 3.44. The van der Waals surface area contributed by atoms with E-state index in [0.717, 1.165) is 56.7 Å². The molecule has 1 heterocycles. The molecule has 176 valence electrons. The van der Waals surface area contributed by atoms with Crippen LogP contribution in [0.15, 0.2) is 53.5 Å². The molecule has 1 saturated heterocycles. The number of ether oxygens (including phenoxy) is 2. The maximum absolute atomic E-state index is 6.09. The van der Waals surface area contributed by atoms with Crippen LogP contribution in [0.5, 0.6) is 5.75 Å². The summed E-state index contributed by atoms with van der Waals surface area (Å²) in [6.07, 6.45) is 0. The number of benzene rings is 2. The van der Waals surface area contributed by atoms with Crippen molar-refractivity contribution in [1.82, 2.24) is 15.5 Å². The van der Waals surface area contributed by atoms with Gasteiger partial charge in [0.05, 0.1) is 13.2 Å². The van der Waals surface area contributed by atoms with E-state index in [1.807, 2.05) is 18.2 Å². The number of nitrogens with one attached hydrogen (secondary N) is 2. The van der Waals surface area contributed by atoms with Gasteiger partial charge in [-0.25, -0.2) is 0 Å². The summed E-state index contributed by atoms with van der Waals surface area (Å²) < 4.78 is 11.5. The molecule has 0 spiro atoms. The zero-order chi connectivity index (χ0) is 22.1. The Morgan fingerprint density at radius 2 is 1.69 bits per heavy atom. The SMILES string of the molecule is CN=C(NCc1cccc(CN2CCOCC2)c1)NCc1ccccc1OC(C)(C)C.I. The number of rotatable bonds is 7. The minimum atomic E-state index is -0.234. The molecule has 0 radical (unpaired) electrons. The van der Waals surface area contributed by atoms with E-state index in [2.05, 4.69) is 71.6 Å². The smallest absolute Gasteiger partial charge is 0.191 e. The fraction of sp³-hybridized carbons (Fsp3) is 0.480. The number of aliphatic imine (C=N–C) groups is 1. The van der Waals surface area contributed by atoms with Gasteiger partial charge in [0.1, 0.15) is 11.4 Å². The lowest BCUT2D eigenvalue weighted by molar-refractivity contribution is 0.0342. The highest BCUT2D eigenvalue weighted by molar-refractivity contribution is 14.0. The monoisotopic (exact) mass is 552 g/mol. The molecule has 2 aromatic rings. The summed E-state index contributed by atoms with van der Waals surface area (Å²) in [4.78, 5) is 6.81. The highest BCUT2D eigenvalue weighted by Crippen LogP contribution is 2.22. The Labute approximate surface area is 209 Å². The van der Waals surface area contributed by atoms with Crippen molar-refractivity contribution in [2.24, 2.45) is 4.99 Å². The molecule has 0 bridgehead atoms. The molecule has 2 N–H and O–H groups in total. The highest BCUT2D eigenvalue weighted by Gasteiger charge is 2.14. The average Bonchev–Trinajstić information content (AvgIpc) is 2.75. The van der Waals surface area contributed by atoms with Crippen molar-refractivity contribution in [2.45, 2.75) is 46.0 Å². The lowest BCUT2D eigenvalue weighted by Crippen LogP contribution is -2.37. The standard InChI is InChI=1S/C25H36N4O2.HI/c1-25(2,3)31-23-11-6-5-10-22(23)18-28-24(26-4)27-17-20-8-7-9-21(16-20)19-29-12-14-30-15-13-29;/h5-11,16H,12-15,17-19H2,1-4H3,(H2,26,27,28);1H. The van der Waals surface area contributed by atoms with E-state index in [1.54, 1.807) is 7.05 Å². The van der Waals surface area contributed by atoms with Crippen LogP contribution in [0.1, 0.15) is 37.5 Å². The van der Waals surface area contributed by atoms with E-state index < -0.39 is 0 Å². The molecule has 0 unspecified atom stereocenters. The molecular weight excluding hydrogens is 515 g/mol. The van der Waals surface area contributed by atoms with Gasteiger partial charge < -0.3 is 20.1 Å². The summed E-state index contributed by atoms with van der Waals surface area (Å²) in [5.74, 6) is 1.66. The fourth-order valence-electron chi connectivity index (χ4n) is 3.52. The maximum atomic E-state index is 6.09. The van der Waals surface area contributed by atoms with Gasteiger partial charge in [0.25, 0.3) is 0 Å². The Bertz CT molecular complexity index is 861. The van der Waals surface area contributed by atoms with Crippen LogP contribution in [0.3, 0.4) is 0 Å². The first-order chi connectivity index (χ1) is 14.9. The van der Waals surface area contributed by atoms with Gasteiger partial charge in [0.2, 0.25) is 0 Å². The van der Waals surface area contributed by atoms with Gasteiger partial charge in [0, 0.05) is 45.3 Å². The van der Waals surface area contributed by atoms with E-state index in [4.69, 9.17) is 9.47 Å². The van der Waals surface area contributed by atoms with E-state index in [9.17, 15) is 0 Å². The highest BCUT2D eigenvalue weighted by atomic mass is 127. The molecule has 32 heavy (non-hydrogen) atoms. The van der Waals surface area contributed by atoms with Crippen LogP contribution in [0.4, 0.5) is 0 Å². The first kappa shape index (κ1) is 26.4. The number of guanidine groups is 1. The molecule has 0 aliphatic carbocycles. The second-order valence-corrected chi connectivity index (χ2v) is 8.81. The van der Waals surface area contributed by atoms with E-state index >= 15 is 0 Å². The predicted molar refractivity (Wildman–Crippen MR) is 142 cm³/mol. The summed E-state index contributed by atoms with van der Waals surface area (Å²) in [6, 6.07) is 16.9. The van der Waals surface area contributed by atoms with Crippen LogP contribution >= 0.6 is 24.0 Å². The predicted octanol–water partition coefficient (Wildman–Crippen LogP) is 4.18. The van der Waals surface area contributed by atoms with Gasteiger partial charge in [-0.2, -0.15) is 0 Å². The lowest BCUT2D eigenvalue weighted by Gasteiger charge is -2.26. The van der Waals surface area contributed by atoms with E-state index in [1.165, 1.54) is 11.1 Å². The number of para-hydroxylation sites is 1. The zero-order valence-corrected chi connectivity index (χ0v) is 22.0. The molecule has 3 rings (SSSR count). The average molecular weight is 553 g/mol. The molecule has 1 aliphatic heterocycles. The summed E-state index contributed by atoms with van der Waals surface area (Å²) >= 11 is 0. The van der Waals surface area contributed by atoms with Gasteiger partial charge in [0.15, 0.2) is 5.96 Å². The molecular formula is C25H37IN4O2. The van der Waals surface area contributed by atoms with Crippen LogP contribution < -0.4 is 15.4 Å². The molecule has 1 aliphatic rings. The maximum Gasteiger partial charge on any atom is 0.191 e.